The number of methoxy groups -OCH3 is 1. The minimum absolute atomic E-state index is 0.0101. The molecular weight excluding hydrogens is 216 g/mol. The van der Waals surface area contributed by atoms with E-state index in [0.29, 0.717) is 0 Å². The number of anilines is 1. The van der Waals surface area contributed by atoms with Crippen molar-refractivity contribution in [3.63, 3.8) is 0 Å². The van der Waals surface area contributed by atoms with Gasteiger partial charge in [-0.15, -0.1) is 0 Å². The Morgan fingerprint density at radius 2 is 2.24 bits per heavy atom. The lowest BCUT2D eigenvalue weighted by molar-refractivity contribution is -0.135. The fourth-order valence-corrected chi connectivity index (χ4v) is 1.47. The standard InChI is InChI=1S/C13H14N2O2/c1-9-6-10(4-5-12(9)15-2)7-11(8-14)13(16)17-3/h4-7,15H,1-3H3. The molecule has 0 spiro atoms. The van der Waals surface area contributed by atoms with Crippen LogP contribution in [-0.2, 0) is 9.53 Å². The molecule has 1 rings (SSSR count). The van der Waals surface area contributed by atoms with Gasteiger partial charge in [-0.3, -0.25) is 0 Å². The van der Waals surface area contributed by atoms with Gasteiger partial charge in [-0.05, 0) is 36.3 Å². The Morgan fingerprint density at radius 1 is 1.53 bits per heavy atom. The van der Waals surface area contributed by atoms with Gasteiger partial charge >= 0.3 is 5.97 Å². The van der Waals surface area contributed by atoms with Crippen LogP contribution >= 0.6 is 0 Å². The zero-order valence-corrected chi connectivity index (χ0v) is 10.1. The van der Waals surface area contributed by atoms with Gasteiger partial charge in [0.1, 0.15) is 11.6 Å². The summed E-state index contributed by atoms with van der Waals surface area (Å²) in [4.78, 5) is 11.2. The van der Waals surface area contributed by atoms with Crippen LogP contribution in [0.3, 0.4) is 0 Å². The summed E-state index contributed by atoms with van der Waals surface area (Å²) in [5.41, 5.74) is 2.84. The van der Waals surface area contributed by atoms with Crippen molar-refractivity contribution in [3.8, 4) is 6.07 Å². The van der Waals surface area contributed by atoms with E-state index in [-0.39, 0.29) is 5.57 Å². The summed E-state index contributed by atoms with van der Waals surface area (Å²) >= 11 is 0. The molecule has 88 valence electrons. The summed E-state index contributed by atoms with van der Waals surface area (Å²) in [5, 5.41) is 11.9. The van der Waals surface area contributed by atoms with E-state index < -0.39 is 5.97 Å². The van der Waals surface area contributed by atoms with Crippen LogP contribution in [0.2, 0.25) is 0 Å². The second-order valence-corrected chi connectivity index (χ2v) is 3.49. The highest BCUT2D eigenvalue weighted by molar-refractivity contribution is 5.97. The smallest absolute Gasteiger partial charge is 0.348 e. The third kappa shape index (κ3) is 3.08. The molecule has 0 amide bonds. The van der Waals surface area contributed by atoms with E-state index in [9.17, 15) is 4.79 Å². The Labute approximate surface area is 101 Å². The van der Waals surface area contributed by atoms with Crippen molar-refractivity contribution < 1.29 is 9.53 Å². The first-order valence-corrected chi connectivity index (χ1v) is 5.11. The number of nitrogens with zero attached hydrogens (tertiary/aromatic N) is 1. The first-order chi connectivity index (χ1) is 8.12. The molecule has 0 fully saturated rings. The summed E-state index contributed by atoms with van der Waals surface area (Å²) in [6, 6.07) is 7.44. The number of benzene rings is 1. The van der Waals surface area contributed by atoms with Crippen molar-refractivity contribution in [1.29, 1.82) is 5.26 Å². The maximum atomic E-state index is 11.2. The minimum atomic E-state index is -0.622. The highest BCUT2D eigenvalue weighted by atomic mass is 16.5. The molecule has 0 radical (unpaired) electrons. The maximum Gasteiger partial charge on any atom is 0.348 e. The zero-order valence-electron chi connectivity index (χ0n) is 10.1. The SMILES string of the molecule is CNc1ccc(C=C(C#N)C(=O)OC)cc1C. The summed E-state index contributed by atoms with van der Waals surface area (Å²) in [6.45, 7) is 1.95. The first kappa shape index (κ1) is 12.8. The average molecular weight is 230 g/mol. The number of carbonyl (C=O) groups excluding carboxylic acids is 1. The maximum absolute atomic E-state index is 11.2. The lowest BCUT2D eigenvalue weighted by atomic mass is 10.1. The van der Waals surface area contributed by atoms with Crippen molar-refractivity contribution in [2.24, 2.45) is 0 Å². The number of esters is 1. The summed E-state index contributed by atoms with van der Waals surface area (Å²) in [5.74, 6) is -0.622. The molecule has 1 N–H and O–H groups in total. The quantitative estimate of drug-likeness (QED) is 0.491. The molecule has 0 aliphatic heterocycles. The van der Waals surface area contributed by atoms with Crippen LogP contribution in [0.25, 0.3) is 6.08 Å². The van der Waals surface area contributed by atoms with E-state index in [2.05, 4.69) is 10.1 Å². The van der Waals surface area contributed by atoms with E-state index in [0.717, 1.165) is 16.8 Å². The number of nitriles is 1. The van der Waals surface area contributed by atoms with Gasteiger partial charge < -0.3 is 10.1 Å². The van der Waals surface area contributed by atoms with Crippen LogP contribution in [0.1, 0.15) is 11.1 Å². The molecule has 0 saturated carbocycles. The molecule has 17 heavy (non-hydrogen) atoms. The van der Waals surface area contributed by atoms with Crippen molar-refractivity contribution in [3.05, 3.63) is 34.9 Å². The lowest BCUT2D eigenvalue weighted by Gasteiger charge is -2.05. The Kier molecular flexibility index (Phi) is 4.29. The van der Waals surface area contributed by atoms with E-state index in [1.165, 1.54) is 13.2 Å². The number of ether oxygens (including phenoxy) is 1. The van der Waals surface area contributed by atoms with Gasteiger partial charge in [-0.2, -0.15) is 5.26 Å². The van der Waals surface area contributed by atoms with Crippen LogP contribution in [-0.4, -0.2) is 20.1 Å². The Hall–Kier alpha value is -2.28. The van der Waals surface area contributed by atoms with Crippen LogP contribution < -0.4 is 5.32 Å². The molecule has 4 heteroatoms. The van der Waals surface area contributed by atoms with Crippen LogP contribution in [0.15, 0.2) is 23.8 Å². The van der Waals surface area contributed by atoms with Crippen molar-refractivity contribution in [1.82, 2.24) is 0 Å². The van der Waals surface area contributed by atoms with E-state index in [1.807, 2.05) is 38.2 Å². The van der Waals surface area contributed by atoms with Crippen molar-refractivity contribution in [2.45, 2.75) is 6.92 Å². The number of aryl methyl sites for hydroxylation is 1. The van der Waals surface area contributed by atoms with Crippen LogP contribution in [0.5, 0.6) is 0 Å². The highest BCUT2D eigenvalue weighted by Crippen LogP contribution is 2.17. The Balaban J connectivity index is 3.10. The Morgan fingerprint density at radius 3 is 2.71 bits per heavy atom. The number of rotatable bonds is 3. The second-order valence-electron chi connectivity index (χ2n) is 3.49. The van der Waals surface area contributed by atoms with E-state index in [1.54, 1.807) is 0 Å². The minimum Gasteiger partial charge on any atom is -0.465 e. The summed E-state index contributed by atoms with van der Waals surface area (Å²) < 4.78 is 4.51. The topological polar surface area (TPSA) is 62.1 Å². The highest BCUT2D eigenvalue weighted by Gasteiger charge is 2.08. The number of hydrogen-bond acceptors (Lipinski definition) is 4. The molecule has 0 aliphatic carbocycles. The zero-order chi connectivity index (χ0) is 12.8. The van der Waals surface area contributed by atoms with E-state index >= 15 is 0 Å². The van der Waals surface area contributed by atoms with Crippen molar-refractivity contribution >= 4 is 17.7 Å². The van der Waals surface area contributed by atoms with Gasteiger partial charge in [0, 0.05) is 12.7 Å². The monoisotopic (exact) mass is 230 g/mol. The van der Waals surface area contributed by atoms with Crippen LogP contribution in [0, 0.1) is 18.3 Å². The second kappa shape index (κ2) is 5.71. The normalized spacial score (nSPS) is 10.6. The molecule has 0 aromatic heterocycles. The molecule has 0 atom stereocenters. The number of carbonyl (C=O) groups is 1. The first-order valence-electron chi connectivity index (χ1n) is 5.11. The van der Waals surface area contributed by atoms with E-state index in [4.69, 9.17) is 5.26 Å². The molecule has 4 nitrogen and oxygen atoms in total. The average Bonchev–Trinajstić information content (AvgIpc) is 2.35. The fourth-order valence-electron chi connectivity index (χ4n) is 1.47. The summed E-state index contributed by atoms with van der Waals surface area (Å²) in [6.07, 6.45) is 1.51. The predicted octanol–water partition coefficient (Wildman–Crippen LogP) is 2.12. The molecular formula is C13H14N2O2. The Bertz CT molecular complexity index is 499. The molecule has 0 heterocycles. The van der Waals surface area contributed by atoms with Gasteiger partial charge in [-0.25, -0.2) is 4.79 Å². The van der Waals surface area contributed by atoms with Gasteiger partial charge in [0.15, 0.2) is 0 Å². The van der Waals surface area contributed by atoms with Crippen LogP contribution in [0.4, 0.5) is 5.69 Å². The molecule has 0 bridgehead atoms. The third-order valence-electron chi connectivity index (χ3n) is 2.36. The number of nitrogens with one attached hydrogen (secondary N) is 1. The largest absolute Gasteiger partial charge is 0.465 e. The molecule has 0 unspecified atom stereocenters. The molecule has 1 aromatic rings. The van der Waals surface area contributed by atoms with Gasteiger partial charge in [0.25, 0.3) is 0 Å². The molecule has 0 aliphatic rings. The van der Waals surface area contributed by atoms with Gasteiger partial charge in [0.2, 0.25) is 0 Å². The fraction of sp³-hybridized carbons (Fsp3) is 0.231. The molecule has 1 aromatic carbocycles. The predicted molar refractivity (Wildman–Crippen MR) is 66.3 cm³/mol. The van der Waals surface area contributed by atoms with Gasteiger partial charge in [0.05, 0.1) is 7.11 Å². The molecule has 0 saturated heterocycles. The summed E-state index contributed by atoms with van der Waals surface area (Å²) in [7, 11) is 3.09. The number of hydrogen-bond donors (Lipinski definition) is 1. The third-order valence-corrected chi connectivity index (χ3v) is 2.36. The van der Waals surface area contributed by atoms with Gasteiger partial charge in [-0.1, -0.05) is 6.07 Å². The van der Waals surface area contributed by atoms with Crippen molar-refractivity contribution in [2.75, 3.05) is 19.5 Å². The lowest BCUT2D eigenvalue weighted by Crippen LogP contribution is -2.02.